The van der Waals surface area contributed by atoms with Crippen LogP contribution in [0.25, 0.3) is 55.2 Å². The second kappa shape index (κ2) is 8.77. The number of aromatic nitrogens is 2. The van der Waals surface area contributed by atoms with Gasteiger partial charge in [0, 0.05) is 50.5 Å². The molecule has 6 aromatic rings. The van der Waals surface area contributed by atoms with E-state index in [1.54, 1.807) is 0 Å². The summed E-state index contributed by atoms with van der Waals surface area (Å²) in [6, 6.07) is 28.4. The number of hydrogen-bond acceptors (Lipinski definition) is 2. The maximum Gasteiger partial charge on any atom is 0.216 e. The molecule has 3 aromatic carbocycles. The molecule has 196 valence electrons. The van der Waals surface area contributed by atoms with E-state index >= 15 is 0 Å². The second-order valence-electron chi connectivity index (χ2n) is 12.9. The van der Waals surface area contributed by atoms with Crippen molar-refractivity contribution in [2.75, 3.05) is 0 Å². The van der Waals surface area contributed by atoms with Crippen LogP contribution < -0.4 is 4.57 Å². The summed E-state index contributed by atoms with van der Waals surface area (Å²) in [5.74, 6) is 0. The lowest BCUT2D eigenvalue weighted by molar-refractivity contribution is -0.633. The largest absolute Gasteiger partial charge is 0.455 e. The predicted molar refractivity (Wildman–Crippen MR) is 163 cm³/mol. The Hall–Kier alpha value is -3.98. The Morgan fingerprint density at radius 3 is 2.05 bits per heavy atom. The number of fused-ring (bicyclic) bond motifs is 4. The summed E-state index contributed by atoms with van der Waals surface area (Å²) in [5, 5.41) is 3.51. The molecule has 0 unspecified atom stereocenters. The molecule has 3 nitrogen and oxygen atoms in total. The van der Waals surface area contributed by atoms with E-state index in [1.807, 2.05) is 0 Å². The van der Waals surface area contributed by atoms with E-state index in [-0.39, 0.29) is 10.8 Å². The van der Waals surface area contributed by atoms with Crippen molar-refractivity contribution in [3.05, 3.63) is 95.8 Å². The van der Waals surface area contributed by atoms with Gasteiger partial charge in [0.2, 0.25) is 11.2 Å². The molecule has 0 aliphatic rings. The molecule has 0 fully saturated rings. The standard InChI is InChI=1S/C36H37N2O/c1-22-13-16-27-26-17-14-24(25-20-31(35(2,3)4)37-32(21-25)36(5,6)7)19-30(26)39-34(27)33(22)29-18-15-23-11-9-10-12-28(23)38(29)8/h9-21H,1-8H3/q+1. The Labute approximate surface area is 231 Å². The summed E-state index contributed by atoms with van der Waals surface area (Å²) < 4.78 is 8.99. The van der Waals surface area contributed by atoms with Crippen molar-refractivity contribution in [3.8, 4) is 22.4 Å². The molecule has 3 aromatic heterocycles. The molecule has 0 atom stereocenters. The first-order chi connectivity index (χ1) is 18.4. The SMILES string of the molecule is Cc1ccc2c(oc3cc(-c4cc(C(C)(C)C)nc(C(C)(C)C)c4)ccc32)c1-c1ccc2ccccc2[n+]1C. The lowest BCUT2D eigenvalue weighted by atomic mass is 9.85. The van der Waals surface area contributed by atoms with Gasteiger partial charge in [0.05, 0.1) is 5.56 Å². The smallest absolute Gasteiger partial charge is 0.216 e. The normalized spacial score (nSPS) is 12.6. The third-order valence-corrected chi connectivity index (χ3v) is 7.88. The Morgan fingerprint density at radius 1 is 0.692 bits per heavy atom. The van der Waals surface area contributed by atoms with E-state index in [0.29, 0.717) is 0 Å². The fourth-order valence-corrected chi connectivity index (χ4v) is 5.50. The number of aryl methyl sites for hydroxylation is 2. The highest BCUT2D eigenvalue weighted by Gasteiger charge is 2.24. The predicted octanol–water partition coefficient (Wildman–Crippen LogP) is 9.20. The monoisotopic (exact) mass is 513 g/mol. The first kappa shape index (κ1) is 25.3. The molecule has 0 N–H and O–H groups in total. The van der Waals surface area contributed by atoms with Crippen molar-refractivity contribution in [1.29, 1.82) is 0 Å². The molecule has 0 saturated heterocycles. The van der Waals surface area contributed by atoms with Crippen LogP contribution >= 0.6 is 0 Å². The van der Waals surface area contributed by atoms with Gasteiger partial charge in [-0.05, 0) is 60.0 Å². The molecule has 0 aliphatic heterocycles. The van der Waals surface area contributed by atoms with Gasteiger partial charge in [-0.3, -0.25) is 4.98 Å². The minimum Gasteiger partial charge on any atom is -0.455 e. The molecule has 0 radical (unpaired) electrons. The highest BCUT2D eigenvalue weighted by molar-refractivity contribution is 6.10. The molecular formula is C36H37N2O+. The first-order valence-corrected chi connectivity index (χ1v) is 13.8. The van der Waals surface area contributed by atoms with E-state index in [0.717, 1.165) is 50.1 Å². The van der Waals surface area contributed by atoms with Crippen LogP contribution in [0.1, 0.15) is 58.5 Å². The maximum absolute atomic E-state index is 6.71. The van der Waals surface area contributed by atoms with Crippen LogP contribution in [0.4, 0.5) is 0 Å². The first-order valence-electron chi connectivity index (χ1n) is 13.8. The number of nitrogens with zero attached hydrogens (tertiary/aromatic N) is 2. The van der Waals surface area contributed by atoms with Crippen molar-refractivity contribution < 1.29 is 8.98 Å². The molecule has 0 bridgehead atoms. The summed E-state index contributed by atoms with van der Waals surface area (Å²) in [5.41, 5.74) is 11.0. The topological polar surface area (TPSA) is 29.9 Å². The van der Waals surface area contributed by atoms with Crippen molar-refractivity contribution in [3.63, 3.8) is 0 Å². The van der Waals surface area contributed by atoms with Crippen LogP contribution in [0.15, 0.2) is 83.3 Å². The number of rotatable bonds is 2. The lowest BCUT2D eigenvalue weighted by Gasteiger charge is -2.25. The molecule has 0 saturated carbocycles. The van der Waals surface area contributed by atoms with Gasteiger partial charge in [0.1, 0.15) is 18.2 Å². The number of furan rings is 1. The Kier molecular flexibility index (Phi) is 5.69. The zero-order chi connectivity index (χ0) is 27.7. The molecule has 39 heavy (non-hydrogen) atoms. The second-order valence-corrected chi connectivity index (χ2v) is 12.9. The molecule has 3 heteroatoms. The fourth-order valence-electron chi connectivity index (χ4n) is 5.50. The van der Waals surface area contributed by atoms with Crippen LogP contribution in [-0.2, 0) is 17.9 Å². The summed E-state index contributed by atoms with van der Waals surface area (Å²) >= 11 is 0. The van der Waals surface area contributed by atoms with Crippen molar-refractivity contribution >= 4 is 32.8 Å². The van der Waals surface area contributed by atoms with Crippen molar-refractivity contribution in [2.45, 2.75) is 59.3 Å². The van der Waals surface area contributed by atoms with E-state index in [9.17, 15) is 0 Å². The summed E-state index contributed by atoms with van der Waals surface area (Å²) in [7, 11) is 2.14. The van der Waals surface area contributed by atoms with Gasteiger partial charge in [0.15, 0.2) is 0 Å². The Balaban J connectivity index is 1.57. The highest BCUT2D eigenvalue weighted by Crippen LogP contribution is 2.39. The Morgan fingerprint density at radius 2 is 1.36 bits per heavy atom. The van der Waals surface area contributed by atoms with Gasteiger partial charge in [-0.1, -0.05) is 71.9 Å². The highest BCUT2D eigenvalue weighted by atomic mass is 16.3. The van der Waals surface area contributed by atoms with Gasteiger partial charge < -0.3 is 4.42 Å². The average Bonchev–Trinajstić information content (AvgIpc) is 3.26. The van der Waals surface area contributed by atoms with Crippen LogP contribution in [0.5, 0.6) is 0 Å². The fraction of sp³-hybridized carbons (Fsp3) is 0.278. The average molecular weight is 514 g/mol. The zero-order valence-corrected chi connectivity index (χ0v) is 24.3. The van der Waals surface area contributed by atoms with Crippen LogP contribution in [0, 0.1) is 6.92 Å². The summed E-state index contributed by atoms with van der Waals surface area (Å²) in [6.45, 7) is 15.5. The van der Waals surface area contributed by atoms with E-state index in [1.165, 1.54) is 22.0 Å². The van der Waals surface area contributed by atoms with Crippen molar-refractivity contribution in [1.82, 2.24) is 4.98 Å². The lowest BCUT2D eigenvalue weighted by Crippen LogP contribution is -2.32. The quantitative estimate of drug-likeness (QED) is 0.216. The molecule has 6 rings (SSSR count). The van der Waals surface area contributed by atoms with E-state index in [4.69, 9.17) is 9.40 Å². The van der Waals surface area contributed by atoms with Gasteiger partial charge in [0.25, 0.3) is 0 Å². The van der Waals surface area contributed by atoms with Gasteiger partial charge in [-0.2, -0.15) is 4.57 Å². The van der Waals surface area contributed by atoms with Crippen LogP contribution in [0.3, 0.4) is 0 Å². The van der Waals surface area contributed by atoms with Gasteiger partial charge in [-0.25, -0.2) is 0 Å². The summed E-state index contributed by atoms with van der Waals surface area (Å²) in [4.78, 5) is 5.06. The number of para-hydroxylation sites is 1. The molecule has 0 spiro atoms. The molecular weight excluding hydrogens is 476 g/mol. The maximum atomic E-state index is 6.71. The summed E-state index contributed by atoms with van der Waals surface area (Å²) in [6.07, 6.45) is 0. The van der Waals surface area contributed by atoms with Gasteiger partial charge in [-0.15, -0.1) is 0 Å². The molecule has 0 aliphatic carbocycles. The zero-order valence-electron chi connectivity index (χ0n) is 24.3. The number of hydrogen-bond donors (Lipinski definition) is 0. The molecule has 0 amide bonds. The van der Waals surface area contributed by atoms with E-state index < -0.39 is 0 Å². The minimum absolute atomic E-state index is 0.0404. The van der Waals surface area contributed by atoms with E-state index in [2.05, 4.69) is 139 Å². The third kappa shape index (κ3) is 4.30. The Bertz CT molecular complexity index is 1860. The minimum atomic E-state index is -0.0404. The molecule has 3 heterocycles. The third-order valence-electron chi connectivity index (χ3n) is 7.88. The van der Waals surface area contributed by atoms with Gasteiger partial charge >= 0.3 is 0 Å². The van der Waals surface area contributed by atoms with Crippen LogP contribution in [0.2, 0.25) is 0 Å². The number of benzene rings is 3. The van der Waals surface area contributed by atoms with Crippen LogP contribution in [-0.4, -0.2) is 4.98 Å². The number of pyridine rings is 2. The van der Waals surface area contributed by atoms with Crippen molar-refractivity contribution in [2.24, 2.45) is 7.05 Å².